The van der Waals surface area contributed by atoms with Crippen LogP contribution >= 0.6 is 36.2 Å². The molecule has 38 heavy (non-hydrogen) atoms. The third-order valence-electron chi connectivity index (χ3n) is 6.27. The fourth-order valence-electron chi connectivity index (χ4n) is 4.01. The molecule has 0 spiro atoms. The molecule has 2 aromatic heterocycles. The second-order valence-corrected chi connectivity index (χ2v) is 12.3. The van der Waals surface area contributed by atoms with Gasteiger partial charge in [-0.1, -0.05) is 24.4 Å². The van der Waals surface area contributed by atoms with Crippen molar-refractivity contribution in [2.24, 2.45) is 0 Å². The maximum Gasteiger partial charge on any atom is 0.285 e. The van der Waals surface area contributed by atoms with Gasteiger partial charge < -0.3 is 9.64 Å². The van der Waals surface area contributed by atoms with Gasteiger partial charge in [0.2, 0.25) is 0 Å². The first-order chi connectivity index (χ1) is 18.0. The average molecular weight is 601 g/mol. The minimum Gasteiger partial charge on any atom is -0.496 e. The van der Waals surface area contributed by atoms with E-state index in [1.807, 2.05) is 31.1 Å². The lowest BCUT2D eigenvalue weighted by molar-refractivity contribution is 0.228. The summed E-state index contributed by atoms with van der Waals surface area (Å²) in [5, 5.41) is 14.7. The third-order valence-corrected chi connectivity index (χ3v) is 9.08. The summed E-state index contributed by atoms with van der Waals surface area (Å²) in [6, 6.07) is 7.27. The van der Waals surface area contributed by atoms with Crippen molar-refractivity contribution in [3.8, 4) is 16.9 Å². The average Bonchev–Trinajstić information content (AvgIpc) is 3.63. The molecule has 2 heterocycles. The molecule has 1 unspecified atom stereocenters. The zero-order valence-corrected chi connectivity index (χ0v) is 24.1. The number of pyridine rings is 1. The Labute approximate surface area is 236 Å². The van der Waals surface area contributed by atoms with Gasteiger partial charge in [0.25, 0.3) is 6.43 Å². The smallest absolute Gasteiger partial charge is 0.285 e. The fraction of sp³-hybridized carbons (Fsp3) is 0.375. The van der Waals surface area contributed by atoms with Crippen LogP contribution in [-0.4, -0.2) is 68.5 Å². The number of fused-ring (bicyclic) bond motifs is 1. The number of aromatic nitrogens is 2. The van der Waals surface area contributed by atoms with Gasteiger partial charge in [-0.3, -0.25) is 24.2 Å². The van der Waals surface area contributed by atoms with Crippen LogP contribution in [0.2, 0.25) is 5.15 Å². The Balaban J connectivity index is 1.88. The van der Waals surface area contributed by atoms with Crippen LogP contribution in [0, 0.1) is 10.8 Å². The van der Waals surface area contributed by atoms with Crippen molar-refractivity contribution >= 4 is 62.6 Å². The summed E-state index contributed by atoms with van der Waals surface area (Å²) in [5.74, 6) is 0.987. The Morgan fingerprint density at radius 2 is 2.05 bits per heavy atom. The molecule has 1 aliphatic carbocycles. The van der Waals surface area contributed by atoms with Crippen LogP contribution in [-0.2, 0) is 16.3 Å². The molecule has 0 radical (unpaired) electrons. The standard InChI is InChI=1S/C24H27ClF2N6O2S3/c1-32(2)8-9-38(34)14-4-5-15(17(11-14)35-3)16-10-13(24(31-36)6-7-24)12-33-18(16)19(25)30-23(33)22(29)37-21(28)20(26)27/h4-5,10-12,20,28-29,31,36H,6-9H2,1-3H3. The van der Waals surface area contributed by atoms with Crippen LogP contribution in [0.1, 0.15) is 24.2 Å². The topological polar surface area (TPSA) is 107 Å². The molecule has 8 nitrogen and oxygen atoms in total. The van der Waals surface area contributed by atoms with Gasteiger partial charge in [0.1, 0.15) is 15.8 Å². The molecule has 1 fully saturated rings. The number of nitrogens with zero attached hydrogens (tertiary/aromatic N) is 3. The van der Waals surface area contributed by atoms with Crippen LogP contribution < -0.4 is 9.46 Å². The molecule has 3 N–H and O–H groups in total. The number of methoxy groups -OCH3 is 1. The van der Waals surface area contributed by atoms with Crippen LogP contribution in [0.5, 0.6) is 5.75 Å². The Hall–Kier alpha value is -2.03. The Morgan fingerprint density at radius 1 is 1.34 bits per heavy atom. The van der Waals surface area contributed by atoms with Crippen molar-refractivity contribution in [3.05, 3.63) is 47.0 Å². The number of thiol groups is 1. The fourth-order valence-corrected chi connectivity index (χ4v) is 6.40. The van der Waals surface area contributed by atoms with Crippen LogP contribution in [0.25, 0.3) is 16.6 Å². The summed E-state index contributed by atoms with van der Waals surface area (Å²) in [4.78, 5) is 6.90. The van der Waals surface area contributed by atoms with Crippen LogP contribution in [0.3, 0.4) is 0 Å². The van der Waals surface area contributed by atoms with Gasteiger partial charge in [-0.2, -0.15) is 0 Å². The summed E-state index contributed by atoms with van der Waals surface area (Å²) in [5.41, 5.74) is 2.19. The lowest BCUT2D eigenvalue weighted by atomic mass is 9.99. The van der Waals surface area contributed by atoms with Crippen molar-refractivity contribution in [2.45, 2.75) is 29.7 Å². The molecule has 0 aliphatic heterocycles. The lowest BCUT2D eigenvalue weighted by Crippen LogP contribution is -2.21. The zero-order valence-electron chi connectivity index (χ0n) is 20.8. The summed E-state index contributed by atoms with van der Waals surface area (Å²) in [6.45, 7) is 0.666. The van der Waals surface area contributed by atoms with Crippen molar-refractivity contribution in [2.75, 3.05) is 33.5 Å². The molecular weight excluding hydrogens is 574 g/mol. The number of hydrogen-bond donors (Lipinski definition) is 4. The largest absolute Gasteiger partial charge is 0.496 e. The molecule has 1 aromatic carbocycles. The molecule has 4 rings (SSSR count). The number of imidazole rings is 1. The number of halogens is 3. The minimum absolute atomic E-state index is 0.0406. The van der Waals surface area contributed by atoms with E-state index in [1.54, 1.807) is 22.7 Å². The minimum atomic E-state index is -3.00. The maximum absolute atomic E-state index is 13.0. The summed E-state index contributed by atoms with van der Waals surface area (Å²) < 4.78 is 49.2. The predicted molar refractivity (Wildman–Crippen MR) is 153 cm³/mol. The molecule has 204 valence electrons. The highest BCUT2D eigenvalue weighted by molar-refractivity contribution is 8.26. The van der Waals surface area contributed by atoms with Gasteiger partial charge in [-0.05, 0) is 68.5 Å². The van der Waals surface area contributed by atoms with E-state index < -0.39 is 27.8 Å². The zero-order chi connectivity index (χ0) is 27.8. The van der Waals surface area contributed by atoms with E-state index in [0.717, 1.165) is 18.4 Å². The lowest BCUT2D eigenvalue weighted by Gasteiger charge is -2.19. The molecular formula is C24H27ClF2N6O2S3. The van der Waals surface area contributed by atoms with E-state index in [-0.39, 0.29) is 16.0 Å². The van der Waals surface area contributed by atoms with Crippen molar-refractivity contribution in [1.82, 2.24) is 19.0 Å². The number of alkyl halides is 2. The van der Waals surface area contributed by atoms with Crippen molar-refractivity contribution < 1.29 is 17.7 Å². The molecule has 14 heteroatoms. The number of ether oxygens (including phenoxy) is 1. The third kappa shape index (κ3) is 5.77. The molecule has 3 aromatic rings. The molecule has 0 saturated heterocycles. The van der Waals surface area contributed by atoms with Gasteiger partial charge in [-0.15, -0.1) is 0 Å². The van der Waals surface area contributed by atoms with E-state index >= 15 is 0 Å². The van der Waals surface area contributed by atoms with E-state index in [2.05, 4.69) is 22.5 Å². The van der Waals surface area contributed by atoms with Crippen molar-refractivity contribution in [3.63, 3.8) is 0 Å². The van der Waals surface area contributed by atoms with E-state index in [9.17, 15) is 13.0 Å². The Morgan fingerprint density at radius 3 is 2.63 bits per heavy atom. The maximum atomic E-state index is 13.0. The second-order valence-electron chi connectivity index (χ2n) is 9.09. The first kappa shape index (κ1) is 29.0. The monoisotopic (exact) mass is 600 g/mol. The predicted octanol–water partition coefficient (Wildman–Crippen LogP) is 5.06. The first-order valence-electron chi connectivity index (χ1n) is 11.5. The summed E-state index contributed by atoms with van der Waals surface area (Å²) >= 11 is 11.2. The molecule has 0 amide bonds. The van der Waals surface area contributed by atoms with E-state index in [4.69, 9.17) is 27.2 Å². The molecule has 1 saturated carbocycles. The number of rotatable bonds is 10. The van der Waals surface area contributed by atoms with Gasteiger partial charge in [0.05, 0.1) is 29.0 Å². The number of benzene rings is 1. The SMILES string of the molecule is COc1cc(S(=O)CCN(C)C)ccc1-c1cc(C2(NS)CC2)cn2c(C(=N)SC(=N)C(F)F)nc(Cl)c12. The molecule has 0 bridgehead atoms. The van der Waals surface area contributed by atoms with Crippen LogP contribution in [0.15, 0.2) is 35.4 Å². The quantitative estimate of drug-likeness (QED) is 0.147. The first-order valence-corrected chi connectivity index (χ1v) is 14.5. The molecule has 1 aliphatic rings. The highest BCUT2D eigenvalue weighted by Gasteiger charge is 2.44. The number of thioether (sulfide) groups is 1. The molecule has 1 atom stereocenters. The normalized spacial score (nSPS) is 15.3. The second kappa shape index (κ2) is 11.6. The Kier molecular flexibility index (Phi) is 8.85. The highest BCUT2D eigenvalue weighted by atomic mass is 35.5. The highest BCUT2D eigenvalue weighted by Crippen LogP contribution is 2.48. The number of hydrogen-bond acceptors (Lipinski definition) is 9. The van der Waals surface area contributed by atoms with E-state index in [0.29, 0.717) is 51.3 Å². The van der Waals surface area contributed by atoms with Gasteiger partial charge >= 0.3 is 0 Å². The van der Waals surface area contributed by atoms with Crippen LogP contribution in [0.4, 0.5) is 8.78 Å². The number of nitrogens with one attached hydrogen (secondary N) is 3. The van der Waals surface area contributed by atoms with Crippen molar-refractivity contribution in [1.29, 1.82) is 10.8 Å². The van der Waals surface area contributed by atoms with Gasteiger partial charge in [0, 0.05) is 34.5 Å². The summed E-state index contributed by atoms with van der Waals surface area (Å²) in [7, 11) is 4.13. The van der Waals surface area contributed by atoms with Gasteiger partial charge in [-0.25, -0.2) is 13.8 Å². The summed E-state index contributed by atoms with van der Waals surface area (Å²) in [6.07, 6.45) is 0.411. The Bertz CT molecular complexity index is 1430. The van der Waals surface area contributed by atoms with E-state index in [1.165, 1.54) is 7.11 Å². The van der Waals surface area contributed by atoms with Gasteiger partial charge in [0.15, 0.2) is 11.0 Å².